The number of aromatic nitrogens is 2. The molecular weight excluding hydrogens is 280 g/mol. The van der Waals surface area contributed by atoms with Crippen molar-refractivity contribution in [1.29, 1.82) is 0 Å². The molecule has 8 nitrogen and oxygen atoms in total. The predicted molar refractivity (Wildman–Crippen MR) is 73.1 cm³/mol. The van der Waals surface area contributed by atoms with Crippen LogP contribution >= 0.6 is 0 Å². The highest BCUT2D eigenvalue weighted by Crippen LogP contribution is 2.30. The molecule has 1 fully saturated rings. The van der Waals surface area contributed by atoms with Crippen LogP contribution in [0.3, 0.4) is 0 Å². The van der Waals surface area contributed by atoms with E-state index in [0.29, 0.717) is 0 Å². The van der Waals surface area contributed by atoms with Crippen molar-refractivity contribution in [3.8, 4) is 0 Å². The molecule has 118 valence electrons. The predicted octanol–water partition coefficient (Wildman–Crippen LogP) is -0.765. The van der Waals surface area contributed by atoms with E-state index in [1.54, 1.807) is 0 Å². The average Bonchev–Trinajstić information content (AvgIpc) is 2.72. The fourth-order valence-corrected chi connectivity index (χ4v) is 2.25. The minimum atomic E-state index is -0.933. The zero-order valence-electron chi connectivity index (χ0n) is 12.2. The maximum atomic E-state index is 11.8. The van der Waals surface area contributed by atoms with Gasteiger partial charge in [0.2, 0.25) is 0 Å². The summed E-state index contributed by atoms with van der Waals surface area (Å²) >= 11 is 0. The van der Waals surface area contributed by atoms with Crippen LogP contribution in [0.5, 0.6) is 0 Å². The second-order valence-electron chi connectivity index (χ2n) is 5.16. The number of aliphatic hydroxyl groups is 1. The zero-order chi connectivity index (χ0) is 15.6. The van der Waals surface area contributed by atoms with Gasteiger partial charge in [0.15, 0.2) is 6.23 Å². The summed E-state index contributed by atoms with van der Waals surface area (Å²) in [5.74, 6) is 0. The second kappa shape index (κ2) is 6.52. The molecular formula is C13H20N2O6. The van der Waals surface area contributed by atoms with Gasteiger partial charge in [0.25, 0.3) is 5.56 Å². The van der Waals surface area contributed by atoms with E-state index in [-0.39, 0.29) is 12.7 Å². The molecule has 0 aromatic carbocycles. The molecule has 1 aromatic heterocycles. The first-order chi connectivity index (χ1) is 9.93. The molecule has 0 radical (unpaired) electrons. The Morgan fingerprint density at radius 3 is 2.76 bits per heavy atom. The molecule has 0 amide bonds. The van der Waals surface area contributed by atoms with Crippen LogP contribution in [0, 0.1) is 0 Å². The van der Waals surface area contributed by atoms with Crippen LogP contribution in [0.4, 0.5) is 0 Å². The van der Waals surface area contributed by atoms with Gasteiger partial charge >= 0.3 is 5.69 Å². The summed E-state index contributed by atoms with van der Waals surface area (Å²) in [7, 11) is 1.42. The molecule has 4 atom stereocenters. The number of aliphatic hydroxyl groups excluding tert-OH is 1. The molecule has 0 aliphatic carbocycles. The molecule has 0 saturated carbocycles. The largest absolute Gasteiger partial charge is 0.387 e. The van der Waals surface area contributed by atoms with Crippen molar-refractivity contribution in [3.05, 3.63) is 33.1 Å². The summed E-state index contributed by atoms with van der Waals surface area (Å²) in [6, 6.07) is 1.21. The lowest BCUT2D eigenvalue weighted by molar-refractivity contribution is -0.0801. The summed E-state index contributed by atoms with van der Waals surface area (Å²) < 4.78 is 17.5. The normalized spacial score (nSPS) is 29.2. The standard InChI is InChI=1S/C13H20N2O6/c1-7(2)20-6-8-10(17)11(19-3)12(21-8)15-5-4-9(16)14-13(15)18/h4-5,7-8,10-12,17H,6H2,1-3H3,(H,14,16,18)/t8-,10-,11-,12-/m1/s1. The fraction of sp³-hybridized carbons (Fsp3) is 0.692. The molecule has 1 aliphatic heterocycles. The highest BCUT2D eigenvalue weighted by Gasteiger charge is 2.45. The van der Waals surface area contributed by atoms with Gasteiger partial charge < -0.3 is 19.3 Å². The van der Waals surface area contributed by atoms with Crippen LogP contribution in [-0.2, 0) is 14.2 Å². The first-order valence-corrected chi connectivity index (χ1v) is 6.73. The Bertz CT molecular complexity index is 581. The number of hydrogen-bond donors (Lipinski definition) is 2. The van der Waals surface area contributed by atoms with Gasteiger partial charge in [-0.25, -0.2) is 4.79 Å². The minimum Gasteiger partial charge on any atom is -0.387 e. The van der Waals surface area contributed by atoms with Crippen molar-refractivity contribution in [2.24, 2.45) is 0 Å². The monoisotopic (exact) mass is 300 g/mol. The van der Waals surface area contributed by atoms with Crippen molar-refractivity contribution < 1.29 is 19.3 Å². The highest BCUT2D eigenvalue weighted by atomic mass is 16.6. The topological polar surface area (TPSA) is 103 Å². The van der Waals surface area contributed by atoms with Gasteiger partial charge in [-0.15, -0.1) is 0 Å². The van der Waals surface area contributed by atoms with Crippen LogP contribution < -0.4 is 11.2 Å². The zero-order valence-corrected chi connectivity index (χ0v) is 12.2. The third-order valence-corrected chi connectivity index (χ3v) is 3.30. The van der Waals surface area contributed by atoms with E-state index in [1.165, 1.54) is 23.9 Å². The van der Waals surface area contributed by atoms with Gasteiger partial charge in [0.1, 0.15) is 18.3 Å². The van der Waals surface area contributed by atoms with E-state index in [0.717, 1.165) is 0 Å². The van der Waals surface area contributed by atoms with E-state index in [2.05, 4.69) is 4.98 Å². The Morgan fingerprint density at radius 1 is 1.48 bits per heavy atom. The molecule has 21 heavy (non-hydrogen) atoms. The van der Waals surface area contributed by atoms with Crippen LogP contribution in [-0.4, -0.2) is 52.8 Å². The van der Waals surface area contributed by atoms with E-state index in [1.807, 2.05) is 13.8 Å². The lowest BCUT2D eigenvalue weighted by Gasteiger charge is -2.19. The van der Waals surface area contributed by atoms with Crippen LogP contribution in [0.15, 0.2) is 21.9 Å². The summed E-state index contributed by atoms with van der Waals surface area (Å²) in [6.45, 7) is 3.94. The first kappa shape index (κ1) is 15.9. The highest BCUT2D eigenvalue weighted by molar-refractivity contribution is 4.93. The molecule has 8 heteroatoms. The number of nitrogens with zero attached hydrogens (tertiary/aromatic N) is 1. The number of aromatic amines is 1. The van der Waals surface area contributed by atoms with Crippen molar-refractivity contribution in [1.82, 2.24) is 9.55 Å². The Morgan fingerprint density at radius 2 is 2.19 bits per heavy atom. The molecule has 1 aromatic rings. The third-order valence-electron chi connectivity index (χ3n) is 3.30. The van der Waals surface area contributed by atoms with Gasteiger partial charge in [0.05, 0.1) is 12.7 Å². The Hall–Kier alpha value is -1.48. The third kappa shape index (κ3) is 3.41. The van der Waals surface area contributed by atoms with Crippen molar-refractivity contribution >= 4 is 0 Å². The smallest absolute Gasteiger partial charge is 0.330 e. The average molecular weight is 300 g/mol. The molecule has 2 N–H and O–H groups in total. The van der Waals surface area contributed by atoms with E-state index >= 15 is 0 Å². The quantitative estimate of drug-likeness (QED) is 0.740. The van der Waals surface area contributed by atoms with E-state index in [4.69, 9.17) is 14.2 Å². The summed E-state index contributed by atoms with van der Waals surface area (Å²) in [5.41, 5.74) is -1.12. The van der Waals surface area contributed by atoms with Crippen LogP contribution in [0.2, 0.25) is 0 Å². The number of ether oxygens (including phenoxy) is 3. The fourth-order valence-electron chi connectivity index (χ4n) is 2.25. The lowest BCUT2D eigenvalue weighted by Crippen LogP contribution is -2.38. The molecule has 0 spiro atoms. The number of hydrogen-bond acceptors (Lipinski definition) is 6. The SMILES string of the molecule is CO[C@@H]1[C@H](O)[C@@H](COC(C)C)O[C@H]1n1ccc(=O)[nH]c1=O. The van der Waals surface area contributed by atoms with E-state index < -0.39 is 35.8 Å². The number of H-pyrrole nitrogens is 1. The van der Waals surface area contributed by atoms with Gasteiger partial charge in [-0.3, -0.25) is 14.3 Å². The Balaban J connectivity index is 2.22. The molecule has 2 heterocycles. The van der Waals surface area contributed by atoms with Crippen molar-refractivity contribution in [2.45, 2.75) is 44.5 Å². The lowest BCUT2D eigenvalue weighted by atomic mass is 10.1. The van der Waals surface area contributed by atoms with E-state index in [9.17, 15) is 14.7 Å². The maximum absolute atomic E-state index is 11.8. The molecule has 1 aliphatic rings. The maximum Gasteiger partial charge on any atom is 0.330 e. The summed E-state index contributed by atoms with van der Waals surface area (Å²) in [5, 5.41) is 10.2. The number of methoxy groups -OCH3 is 1. The molecule has 2 rings (SSSR count). The van der Waals surface area contributed by atoms with Crippen molar-refractivity contribution in [3.63, 3.8) is 0 Å². The minimum absolute atomic E-state index is 0.00310. The number of nitrogens with one attached hydrogen (secondary N) is 1. The Kier molecular flexibility index (Phi) is 4.94. The molecule has 1 saturated heterocycles. The van der Waals surface area contributed by atoms with Gasteiger partial charge in [-0.2, -0.15) is 0 Å². The van der Waals surface area contributed by atoms with Crippen LogP contribution in [0.1, 0.15) is 20.1 Å². The Labute approximate surface area is 121 Å². The first-order valence-electron chi connectivity index (χ1n) is 6.73. The number of rotatable bonds is 5. The molecule has 0 bridgehead atoms. The summed E-state index contributed by atoms with van der Waals surface area (Å²) in [4.78, 5) is 25.1. The van der Waals surface area contributed by atoms with Crippen molar-refractivity contribution in [2.75, 3.05) is 13.7 Å². The second-order valence-corrected chi connectivity index (χ2v) is 5.16. The summed E-state index contributed by atoms with van der Waals surface area (Å²) in [6.07, 6.45) is -1.78. The van der Waals surface area contributed by atoms with Gasteiger partial charge in [0, 0.05) is 19.4 Å². The van der Waals surface area contributed by atoms with Crippen LogP contribution in [0.25, 0.3) is 0 Å². The van der Waals surface area contributed by atoms with Gasteiger partial charge in [-0.1, -0.05) is 0 Å². The van der Waals surface area contributed by atoms with Gasteiger partial charge in [-0.05, 0) is 13.8 Å². The molecule has 0 unspecified atom stereocenters.